The van der Waals surface area contributed by atoms with Gasteiger partial charge in [-0.25, -0.2) is 4.79 Å². The molecule has 1 aromatic heterocycles. The number of amides is 3. The number of nitrogens with zero attached hydrogens (tertiary/aromatic N) is 2. The van der Waals surface area contributed by atoms with Gasteiger partial charge in [-0.3, -0.25) is 9.48 Å². The van der Waals surface area contributed by atoms with Gasteiger partial charge in [-0.15, -0.1) is 0 Å². The topological polar surface area (TPSA) is 88.1 Å². The lowest BCUT2D eigenvalue weighted by Crippen LogP contribution is -2.38. The van der Waals surface area contributed by atoms with Gasteiger partial charge in [-0.05, 0) is 30.7 Å². The second-order valence-corrected chi connectivity index (χ2v) is 4.90. The molecule has 0 spiro atoms. The summed E-state index contributed by atoms with van der Waals surface area (Å²) >= 11 is 0. The van der Waals surface area contributed by atoms with Crippen molar-refractivity contribution in [3.05, 3.63) is 47.8 Å². The molecule has 22 heavy (non-hydrogen) atoms. The molecule has 0 unspecified atom stereocenters. The smallest absolute Gasteiger partial charge is 0.319 e. The molecule has 2 rings (SSSR count). The van der Waals surface area contributed by atoms with Crippen molar-refractivity contribution in [2.45, 2.75) is 13.5 Å². The average molecular weight is 301 g/mol. The third-order valence-electron chi connectivity index (χ3n) is 3.07. The standard InChI is InChI=1S/C15H19N5O2/c1-11-4-3-5-12(8-11)19-15(22)17-10-14(21)16-9-13-6-7-18-20(13)2/h3-8H,9-10H2,1-2H3,(H,16,21)(H2,17,19,22). The zero-order valence-corrected chi connectivity index (χ0v) is 12.6. The Morgan fingerprint density at radius 1 is 1.23 bits per heavy atom. The first-order chi connectivity index (χ1) is 10.5. The van der Waals surface area contributed by atoms with Crippen LogP contribution in [-0.2, 0) is 18.4 Å². The highest BCUT2D eigenvalue weighted by Gasteiger charge is 2.06. The molecule has 0 aliphatic carbocycles. The molecular formula is C15H19N5O2. The number of nitrogens with one attached hydrogen (secondary N) is 3. The molecular weight excluding hydrogens is 282 g/mol. The summed E-state index contributed by atoms with van der Waals surface area (Å²) in [6.45, 7) is 2.22. The molecule has 0 bridgehead atoms. The molecule has 0 atom stereocenters. The Morgan fingerprint density at radius 3 is 2.73 bits per heavy atom. The molecule has 3 N–H and O–H groups in total. The quantitative estimate of drug-likeness (QED) is 0.774. The molecule has 0 aliphatic heterocycles. The molecule has 0 saturated carbocycles. The maximum atomic E-state index is 11.7. The van der Waals surface area contributed by atoms with E-state index >= 15 is 0 Å². The molecule has 7 heteroatoms. The van der Waals surface area contributed by atoms with E-state index in [1.165, 1.54) is 0 Å². The van der Waals surface area contributed by atoms with E-state index in [9.17, 15) is 9.59 Å². The molecule has 0 saturated heterocycles. The summed E-state index contributed by atoms with van der Waals surface area (Å²) in [5, 5.41) is 11.9. The van der Waals surface area contributed by atoms with Crippen molar-refractivity contribution >= 4 is 17.6 Å². The lowest BCUT2D eigenvalue weighted by Gasteiger charge is -2.09. The Kier molecular flexibility index (Phi) is 5.13. The Labute approximate surface area is 128 Å². The third kappa shape index (κ3) is 4.62. The van der Waals surface area contributed by atoms with Gasteiger partial charge < -0.3 is 16.0 Å². The van der Waals surface area contributed by atoms with Gasteiger partial charge in [0.2, 0.25) is 5.91 Å². The minimum Gasteiger partial charge on any atom is -0.349 e. The highest BCUT2D eigenvalue weighted by molar-refractivity contribution is 5.92. The van der Waals surface area contributed by atoms with E-state index in [2.05, 4.69) is 21.0 Å². The molecule has 3 amide bonds. The van der Waals surface area contributed by atoms with Gasteiger partial charge in [-0.1, -0.05) is 12.1 Å². The van der Waals surface area contributed by atoms with Crippen molar-refractivity contribution in [1.29, 1.82) is 0 Å². The normalized spacial score (nSPS) is 10.1. The maximum absolute atomic E-state index is 11.7. The number of aryl methyl sites for hydroxylation is 2. The van der Waals surface area contributed by atoms with Crippen LogP contribution in [0.25, 0.3) is 0 Å². The number of hydrogen-bond donors (Lipinski definition) is 3. The van der Waals surface area contributed by atoms with Gasteiger partial charge >= 0.3 is 6.03 Å². The molecule has 1 aromatic carbocycles. The highest BCUT2D eigenvalue weighted by atomic mass is 16.2. The molecule has 0 aliphatic rings. The third-order valence-corrected chi connectivity index (χ3v) is 3.07. The van der Waals surface area contributed by atoms with Crippen molar-refractivity contribution in [2.75, 3.05) is 11.9 Å². The summed E-state index contributed by atoms with van der Waals surface area (Å²) in [5.41, 5.74) is 2.62. The summed E-state index contributed by atoms with van der Waals surface area (Å²) in [7, 11) is 1.80. The fourth-order valence-electron chi connectivity index (χ4n) is 1.89. The number of aromatic nitrogens is 2. The first-order valence-electron chi connectivity index (χ1n) is 6.89. The number of carbonyl (C=O) groups is 2. The minimum absolute atomic E-state index is 0.0878. The zero-order valence-electron chi connectivity index (χ0n) is 12.6. The predicted octanol–water partition coefficient (Wildman–Crippen LogP) is 1.17. The predicted molar refractivity (Wildman–Crippen MR) is 83.3 cm³/mol. The average Bonchev–Trinajstić information content (AvgIpc) is 2.88. The van der Waals surface area contributed by atoms with Crippen molar-refractivity contribution in [1.82, 2.24) is 20.4 Å². The van der Waals surface area contributed by atoms with E-state index in [4.69, 9.17) is 0 Å². The van der Waals surface area contributed by atoms with Gasteiger partial charge in [0.05, 0.1) is 18.8 Å². The molecule has 116 valence electrons. The lowest BCUT2D eigenvalue weighted by molar-refractivity contribution is -0.120. The van der Waals surface area contributed by atoms with Crippen LogP contribution in [0, 0.1) is 6.92 Å². The van der Waals surface area contributed by atoms with E-state index in [0.717, 1.165) is 11.3 Å². The Balaban J connectivity index is 1.71. The number of rotatable bonds is 5. The number of urea groups is 1. The van der Waals surface area contributed by atoms with E-state index < -0.39 is 6.03 Å². The van der Waals surface area contributed by atoms with Gasteiger partial charge in [0.25, 0.3) is 0 Å². The van der Waals surface area contributed by atoms with E-state index in [1.54, 1.807) is 24.0 Å². The van der Waals surface area contributed by atoms with E-state index in [-0.39, 0.29) is 12.5 Å². The van der Waals surface area contributed by atoms with Crippen LogP contribution in [0.15, 0.2) is 36.5 Å². The van der Waals surface area contributed by atoms with Crippen LogP contribution in [0.2, 0.25) is 0 Å². The SMILES string of the molecule is Cc1cccc(NC(=O)NCC(=O)NCc2ccnn2C)c1. The Hall–Kier alpha value is -2.83. The monoisotopic (exact) mass is 301 g/mol. The minimum atomic E-state index is -0.415. The van der Waals surface area contributed by atoms with Gasteiger partial charge in [0.1, 0.15) is 0 Å². The fourth-order valence-corrected chi connectivity index (χ4v) is 1.89. The van der Waals surface area contributed by atoms with Crippen LogP contribution in [0.5, 0.6) is 0 Å². The van der Waals surface area contributed by atoms with Crippen molar-refractivity contribution in [3.63, 3.8) is 0 Å². The Bertz CT molecular complexity index is 665. The maximum Gasteiger partial charge on any atom is 0.319 e. The molecule has 7 nitrogen and oxygen atoms in total. The summed E-state index contributed by atoms with van der Waals surface area (Å²) in [4.78, 5) is 23.4. The number of carbonyl (C=O) groups excluding carboxylic acids is 2. The number of anilines is 1. The van der Waals surface area contributed by atoms with Crippen LogP contribution in [0.3, 0.4) is 0 Å². The van der Waals surface area contributed by atoms with Crippen molar-refractivity contribution in [2.24, 2.45) is 7.05 Å². The summed E-state index contributed by atoms with van der Waals surface area (Å²) in [6.07, 6.45) is 1.66. The molecule has 0 radical (unpaired) electrons. The van der Waals surface area contributed by atoms with Crippen LogP contribution >= 0.6 is 0 Å². The second-order valence-electron chi connectivity index (χ2n) is 4.90. The summed E-state index contributed by atoms with van der Waals surface area (Å²) in [6, 6.07) is 8.83. The number of benzene rings is 1. The van der Waals surface area contributed by atoms with Crippen LogP contribution < -0.4 is 16.0 Å². The Morgan fingerprint density at radius 2 is 2.05 bits per heavy atom. The highest BCUT2D eigenvalue weighted by Crippen LogP contribution is 2.08. The van der Waals surface area contributed by atoms with E-state index in [1.807, 2.05) is 31.2 Å². The molecule has 1 heterocycles. The number of hydrogen-bond acceptors (Lipinski definition) is 3. The molecule has 0 fully saturated rings. The second kappa shape index (κ2) is 7.26. The van der Waals surface area contributed by atoms with Gasteiger partial charge in [0.15, 0.2) is 0 Å². The van der Waals surface area contributed by atoms with Gasteiger partial charge in [0, 0.05) is 18.9 Å². The van der Waals surface area contributed by atoms with Gasteiger partial charge in [-0.2, -0.15) is 5.10 Å². The lowest BCUT2D eigenvalue weighted by atomic mass is 10.2. The summed E-state index contributed by atoms with van der Waals surface area (Å²) < 4.78 is 1.68. The summed E-state index contributed by atoms with van der Waals surface area (Å²) in [5.74, 6) is -0.263. The first kappa shape index (κ1) is 15.6. The fraction of sp³-hybridized carbons (Fsp3) is 0.267. The van der Waals surface area contributed by atoms with Crippen LogP contribution in [0.1, 0.15) is 11.3 Å². The zero-order chi connectivity index (χ0) is 15.9. The largest absolute Gasteiger partial charge is 0.349 e. The first-order valence-corrected chi connectivity index (χ1v) is 6.89. The van der Waals surface area contributed by atoms with Crippen LogP contribution in [-0.4, -0.2) is 28.3 Å². The van der Waals surface area contributed by atoms with Crippen molar-refractivity contribution < 1.29 is 9.59 Å². The van der Waals surface area contributed by atoms with Crippen LogP contribution in [0.4, 0.5) is 10.5 Å². The van der Waals surface area contributed by atoms with Crippen molar-refractivity contribution in [3.8, 4) is 0 Å². The van der Waals surface area contributed by atoms with E-state index in [0.29, 0.717) is 12.2 Å². The molecule has 2 aromatic rings.